The van der Waals surface area contributed by atoms with Gasteiger partial charge in [-0.25, -0.2) is 0 Å². The van der Waals surface area contributed by atoms with E-state index >= 15 is 0 Å². The monoisotopic (exact) mass is 329 g/mol. The van der Waals surface area contributed by atoms with Crippen molar-refractivity contribution in [2.45, 2.75) is 30.5 Å². The van der Waals surface area contributed by atoms with Crippen LogP contribution in [0.25, 0.3) is 0 Å². The van der Waals surface area contributed by atoms with E-state index in [2.05, 4.69) is 31.2 Å². The normalized spacial score (nSPS) is 11.8. The zero-order chi connectivity index (χ0) is 16.8. The summed E-state index contributed by atoms with van der Waals surface area (Å²) < 4.78 is 5.15. The fourth-order valence-corrected chi connectivity index (χ4v) is 3.25. The van der Waals surface area contributed by atoms with Gasteiger partial charge in [0.2, 0.25) is 5.91 Å². The van der Waals surface area contributed by atoms with Crippen molar-refractivity contribution in [2.75, 3.05) is 14.2 Å². The highest BCUT2D eigenvalue weighted by molar-refractivity contribution is 8.00. The Morgan fingerprint density at radius 2 is 1.74 bits per heavy atom. The van der Waals surface area contributed by atoms with Crippen LogP contribution in [0.4, 0.5) is 0 Å². The van der Waals surface area contributed by atoms with Gasteiger partial charge in [0.15, 0.2) is 0 Å². The predicted octanol–water partition coefficient (Wildman–Crippen LogP) is 4.14. The molecule has 0 radical (unpaired) electrons. The van der Waals surface area contributed by atoms with Crippen LogP contribution in [0.1, 0.15) is 18.1 Å². The number of hydrogen-bond acceptors (Lipinski definition) is 3. The largest absolute Gasteiger partial charge is 0.497 e. The minimum atomic E-state index is -0.126. The van der Waals surface area contributed by atoms with Gasteiger partial charge in [0.25, 0.3) is 0 Å². The number of carbonyl (C=O) groups is 1. The van der Waals surface area contributed by atoms with Crippen LogP contribution < -0.4 is 4.74 Å². The Balaban J connectivity index is 1.93. The molecule has 2 rings (SSSR count). The van der Waals surface area contributed by atoms with Gasteiger partial charge in [-0.2, -0.15) is 0 Å². The summed E-state index contributed by atoms with van der Waals surface area (Å²) in [5, 5.41) is -0.126. The Morgan fingerprint density at radius 1 is 1.13 bits per heavy atom. The molecule has 0 spiro atoms. The predicted molar refractivity (Wildman–Crippen MR) is 96.0 cm³/mol. The van der Waals surface area contributed by atoms with Gasteiger partial charge >= 0.3 is 0 Å². The van der Waals surface area contributed by atoms with Crippen LogP contribution in [0.15, 0.2) is 53.4 Å². The number of ether oxygens (including phenoxy) is 1. The van der Waals surface area contributed by atoms with Gasteiger partial charge in [-0.1, -0.05) is 29.8 Å². The van der Waals surface area contributed by atoms with Crippen molar-refractivity contribution >= 4 is 17.7 Å². The molecule has 122 valence electrons. The van der Waals surface area contributed by atoms with Crippen LogP contribution in [0.5, 0.6) is 5.75 Å². The maximum atomic E-state index is 12.5. The lowest BCUT2D eigenvalue weighted by molar-refractivity contribution is -0.129. The minimum Gasteiger partial charge on any atom is -0.497 e. The fourth-order valence-electron chi connectivity index (χ4n) is 2.26. The fraction of sp³-hybridized carbons (Fsp3) is 0.316. The van der Waals surface area contributed by atoms with Gasteiger partial charge in [0.05, 0.1) is 12.4 Å². The van der Waals surface area contributed by atoms with Crippen molar-refractivity contribution in [2.24, 2.45) is 0 Å². The molecule has 2 aromatic rings. The highest BCUT2D eigenvalue weighted by Gasteiger charge is 2.18. The highest BCUT2D eigenvalue weighted by atomic mass is 32.2. The SMILES string of the molecule is COc1ccc(S[C@H](C)C(=O)N(C)Cc2ccc(C)cc2)cc1. The molecule has 0 saturated carbocycles. The molecular weight excluding hydrogens is 306 g/mol. The zero-order valence-corrected chi connectivity index (χ0v) is 14.9. The standard InChI is InChI=1S/C19H23NO2S/c1-14-5-7-16(8-6-14)13-20(3)19(21)15(2)23-18-11-9-17(22-4)10-12-18/h5-12,15H,13H2,1-4H3/t15-/m1/s1. The van der Waals surface area contributed by atoms with Gasteiger partial charge in [-0.3, -0.25) is 4.79 Å². The van der Waals surface area contributed by atoms with Crippen molar-refractivity contribution in [1.29, 1.82) is 0 Å². The van der Waals surface area contributed by atoms with Crippen LogP contribution in [-0.4, -0.2) is 30.2 Å². The Labute approximate surface area is 142 Å². The van der Waals surface area contributed by atoms with Crippen LogP contribution in [0.2, 0.25) is 0 Å². The summed E-state index contributed by atoms with van der Waals surface area (Å²) in [7, 11) is 3.50. The molecule has 0 aliphatic heterocycles. The molecule has 2 aromatic carbocycles. The van der Waals surface area contributed by atoms with E-state index in [0.29, 0.717) is 6.54 Å². The molecule has 3 nitrogen and oxygen atoms in total. The smallest absolute Gasteiger partial charge is 0.235 e. The summed E-state index contributed by atoms with van der Waals surface area (Å²) in [4.78, 5) is 15.4. The number of benzene rings is 2. The highest BCUT2D eigenvalue weighted by Crippen LogP contribution is 2.26. The maximum absolute atomic E-state index is 12.5. The first-order valence-electron chi connectivity index (χ1n) is 7.61. The Morgan fingerprint density at radius 3 is 2.30 bits per heavy atom. The summed E-state index contributed by atoms with van der Waals surface area (Å²) >= 11 is 1.57. The molecule has 1 amide bonds. The second-order valence-corrected chi connectivity index (χ2v) is 7.03. The van der Waals surface area contributed by atoms with E-state index in [1.807, 2.05) is 38.2 Å². The molecule has 23 heavy (non-hydrogen) atoms. The number of aryl methyl sites for hydroxylation is 1. The second kappa shape index (κ2) is 8.06. The molecule has 0 heterocycles. The number of rotatable bonds is 6. The van der Waals surface area contributed by atoms with Crippen molar-refractivity contribution in [3.63, 3.8) is 0 Å². The van der Waals surface area contributed by atoms with Gasteiger partial charge < -0.3 is 9.64 Å². The van der Waals surface area contributed by atoms with Crippen LogP contribution in [0, 0.1) is 6.92 Å². The van der Waals surface area contributed by atoms with Crippen molar-refractivity contribution in [3.05, 3.63) is 59.7 Å². The molecule has 0 bridgehead atoms. The van der Waals surface area contributed by atoms with Gasteiger partial charge in [-0.05, 0) is 43.7 Å². The third-order valence-corrected chi connectivity index (χ3v) is 4.74. The average Bonchev–Trinajstić information content (AvgIpc) is 2.56. The topological polar surface area (TPSA) is 29.5 Å². The molecule has 0 aliphatic rings. The molecular formula is C19H23NO2S. The number of methoxy groups -OCH3 is 1. The van der Waals surface area contributed by atoms with Crippen LogP contribution >= 0.6 is 11.8 Å². The molecule has 0 fully saturated rings. The second-order valence-electron chi connectivity index (χ2n) is 5.62. The van der Waals surface area contributed by atoms with Gasteiger partial charge in [0.1, 0.15) is 5.75 Å². The molecule has 4 heteroatoms. The minimum absolute atomic E-state index is 0.126. The van der Waals surface area contributed by atoms with E-state index in [1.54, 1.807) is 23.8 Å². The molecule has 0 saturated heterocycles. The van der Waals surface area contributed by atoms with Crippen molar-refractivity contribution in [3.8, 4) is 5.75 Å². The number of nitrogens with zero attached hydrogens (tertiary/aromatic N) is 1. The quantitative estimate of drug-likeness (QED) is 0.746. The first-order chi connectivity index (χ1) is 11.0. The summed E-state index contributed by atoms with van der Waals surface area (Å²) in [6, 6.07) is 16.1. The number of hydrogen-bond donors (Lipinski definition) is 0. The lowest BCUT2D eigenvalue weighted by atomic mass is 10.1. The van der Waals surface area contributed by atoms with Crippen LogP contribution in [0.3, 0.4) is 0 Å². The van der Waals surface area contributed by atoms with E-state index in [9.17, 15) is 4.79 Å². The van der Waals surface area contributed by atoms with Crippen molar-refractivity contribution < 1.29 is 9.53 Å². The maximum Gasteiger partial charge on any atom is 0.235 e. The van der Waals surface area contributed by atoms with Gasteiger partial charge in [0, 0.05) is 18.5 Å². The summed E-state index contributed by atoms with van der Waals surface area (Å²) in [5.41, 5.74) is 2.37. The van der Waals surface area contributed by atoms with Crippen molar-refractivity contribution in [1.82, 2.24) is 4.90 Å². The van der Waals surface area contributed by atoms with E-state index < -0.39 is 0 Å². The first-order valence-corrected chi connectivity index (χ1v) is 8.49. The van der Waals surface area contributed by atoms with E-state index in [1.165, 1.54) is 5.56 Å². The summed E-state index contributed by atoms with van der Waals surface area (Å²) in [6.07, 6.45) is 0. The van der Waals surface area contributed by atoms with Gasteiger partial charge in [-0.15, -0.1) is 11.8 Å². The summed E-state index contributed by atoms with van der Waals surface area (Å²) in [6.45, 7) is 4.64. The molecule has 0 aromatic heterocycles. The average molecular weight is 329 g/mol. The van der Waals surface area contributed by atoms with E-state index in [-0.39, 0.29) is 11.2 Å². The number of carbonyl (C=O) groups excluding carboxylic acids is 1. The zero-order valence-electron chi connectivity index (χ0n) is 14.1. The lowest BCUT2D eigenvalue weighted by Gasteiger charge is -2.21. The molecule has 0 unspecified atom stereocenters. The Kier molecular flexibility index (Phi) is 6.11. The Bertz CT molecular complexity index is 637. The molecule has 0 N–H and O–H groups in total. The van der Waals surface area contributed by atoms with Crippen LogP contribution in [-0.2, 0) is 11.3 Å². The number of thioether (sulfide) groups is 1. The third kappa shape index (κ3) is 5.03. The number of amides is 1. The summed E-state index contributed by atoms with van der Waals surface area (Å²) in [5.74, 6) is 0.955. The third-order valence-electron chi connectivity index (χ3n) is 3.64. The Hall–Kier alpha value is -1.94. The van der Waals surface area contributed by atoms with E-state index in [0.717, 1.165) is 16.2 Å². The van der Waals surface area contributed by atoms with E-state index in [4.69, 9.17) is 4.74 Å². The first kappa shape index (κ1) is 17.4. The molecule has 0 aliphatic carbocycles. The lowest BCUT2D eigenvalue weighted by Crippen LogP contribution is -2.32. The molecule has 1 atom stereocenters.